The Balaban J connectivity index is 2.35. The highest BCUT2D eigenvalue weighted by Gasteiger charge is 2.52. The molecule has 0 aliphatic heterocycles. The molecule has 2 fully saturated rings. The molecule has 0 aromatic carbocycles. The van der Waals surface area contributed by atoms with E-state index in [0.29, 0.717) is 12.8 Å². The highest BCUT2D eigenvalue weighted by Crippen LogP contribution is 2.54. The molecule has 0 aromatic rings. The molecule has 3 heteroatoms. The minimum absolute atomic E-state index is 0.129. The standard InChI is InChI=1S/C14H20O3/c1-9-5-4-6-14(2)11(9)7-10(15)8-12(14)13(16)17-3/h11-12H,1,4-8H2,2-3H3/t11-,12+,14-/m1/s1. The van der Waals surface area contributed by atoms with Crippen LogP contribution in [0.1, 0.15) is 39.0 Å². The second-order valence-electron chi connectivity index (χ2n) is 5.59. The third kappa shape index (κ3) is 1.92. The minimum Gasteiger partial charge on any atom is -0.469 e. The van der Waals surface area contributed by atoms with Gasteiger partial charge in [-0.25, -0.2) is 0 Å². The lowest BCUT2D eigenvalue weighted by Crippen LogP contribution is -2.48. The van der Waals surface area contributed by atoms with Crippen LogP contribution < -0.4 is 0 Å². The number of esters is 1. The Morgan fingerprint density at radius 3 is 2.82 bits per heavy atom. The van der Waals surface area contributed by atoms with Crippen LogP contribution in [-0.2, 0) is 14.3 Å². The fraction of sp³-hybridized carbons (Fsp3) is 0.714. The van der Waals surface area contributed by atoms with Gasteiger partial charge in [0.25, 0.3) is 0 Å². The highest BCUT2D eigenvalue weighted by atomic mass is 16.5. The number of methoxy groups -OCH3 is 1. The van der Waals surface area contributed by atoms with E-state index in [2.05, 4.69) is 13.5 Å². The van der Waals surface area contributed by atoms with E-state index in [1.165, 1.54) is 7.11 Å². The van der Waals surface area contributed by atoms with Crippen LogP contribution in [0, 0.1) is 17.3 Å². The molecule has 0 aromatic heterocycles. The summed E-state index contributed by atoms with van der Waals surface area (Å²) in [5.74, 6) is -0.177. The van der Waals surface area contributed by atoms with E-state index in [1.54, 1.807) is 0 Å². The summed E-state index contributed by atoms with van der Waals surface area (Å²) in [6.07, 6.45) is 3.94. The molecule has 94 valence electrons. The van der Waals surface area contributed by atoms with Crippen LogP contribution in [0.2, 0.25) is 0 Å². The molecule has 2 aliphatic carbocycles. The number of fused-ring (bicyclic) bond motifs is 1. The van der Waals surface area contributed by atoms with E-state index in [4.69, 9.17) is 4.74 Å². The van der Waals surface area contributed by atoms with Crippen molar-refractivity contribution in [3.8, 4) is 0 Å². The second kappa shape index (κ2) is 4.28. The zero-order valence-electron chi connectivity index (χ0n) is 10.6. The first-order valence-electron chi connectivity index (χ1n) is 6.26. The molecule has 0 saturated heterocycles. The summed E-state index contributed by atoms with van der Waals surface area (Å²) in [6.45, 7) is 6.21. The Hall–Kier alpha value is -1.12. The fourth-order valence-electron chi connectivity index (χ4n) is 3.57. The molecule has 0 N–H and O–H groups in total. The first kappa shape index (κ1) is 12.3. The van der Waals surface area contributed by atoms with Gasteiger partial charge in [-0.3, -0.25) is 9.59 Å². The average molecular weight is 236 g/mol. The monoisotopic (exact) mass is 236 g/mol. The number of carbonyl (C=O) groups excluding carboxylic acids is 2. The van der Waals surface area contributed by atoms with Crippen molar-refractivity contribution in [3.05, 3.63) is 12.2 Å². The van der Waals surface area contributed by atoms with Crippen LogP contribution in [0.25, 0.3) is 0 Å². The summed E-state index contributed by atoms with van der Waals surface area (Å²) in [5.41, 5.74) is 1.01. The van der Waals surface area contributed by atoms with Gasteiger partial charge in [0.15, 0.2) is 0 Å². The molecule has 2 saturated carbocycles. The number of allylic oxidation sites excluding steroid dienone is 1. The zero-order valence-corrected chi connectivity index (χ0v) is 10.6. The summed E-state index contributed by atoms with van der Waals surface area (Å²) in [4.78, 5) is 23.7. The van der Waals surface area contributed by atoms with E-state index in [1.807, 2.05) is 0 Å². The van der Waals surface area contributed by atoms with Crippen LogP contribution in [0.5, 0.6) is 0 Å². The van der Waals surface area contributed by atoms with Gasteiger partial charge in [0, 0.05) is 12.8 Å². The summed E-state index contributed by atoms with van der Waals surface area (Å²) in [7, 11) is 1.40. The van der Waals surface area contributed by atoms with Gasteiger partial charge in [0.05, 0.1) is 13.0 Å². The van der Waals surface area contributed by atoms with Crippen molar-refractivity contribution in [2.75, 3.05) is 7.11 Å². The molecule has 0 radical (unpaired) electrons. The number of ether oxygens (including phenoxy) is 1. The predicted octanol–water partition coefficient (Wildman–Crippen LogP) is 2.50. The van der Waals surface area contributed by atoms with Gasteiger partial charge < -0.3 is 4.74 Å². The van der Waals surface area contributed by atoms with Gasteiger partial charge in [0.1, 0.15) is 5.78 Å². The van der Waals surface area contributed by atoms with Gasteiger partial charge in [-0.05, 0) is 30.6 Å². The van der Waals surface area contributed by atoms with Crippen molar-refractivity contribution in [1.82, 2.24) is 0 Å². The van der Waals surface area contributed by atoms with Gasteiger partial charge in [-0.15, -0.1) is 0 Å². The van der Waals surface area contributed by atoms with E-state index in [0.717, 1.165) is 24.8 Å². The second-order valence-corrected chi connectivity index (χ2v) is 5.59. The molecular weight excluding hydrogens is 216 g/mol. The van der Waals surface area contributed by atoms with Crippen LogP contribution in [-0.4, -0.2) is 18.9 Å². The quantitative estimate of drug-likeness (QED) is 0.519. The van der Waals surface area contributed by atoms with Crippen molar-refractivity contribution >= 4 is 11.8 Å². The average Bonchev–Trinajstić information content (AvgIpc) is 2.29. The van der Waals surface area contributed by atoms with Crippen LogP contribution in [0.4, 0.5) is 0 Å². The third-order valence-electron chi connectivity index (χ3n) is 4.65. The summed E-state index contributed by atoms with van der Waals surface area (Å²) in [6, 6.07) is 0. The number of carbonyl (C=O) groups is 2. The van der Waals surface area contributed by atoms with Crippen molar-refractivity contribution in [1.29, 1.82) is 0 Å². The highest BCUT2D eigenvalue weighted by molar-refractivity contribution is 5.87. The largest absolute Gasteiger partial charge is 0.469 e. The van der Waals surface area contributed by atoms with E-state index >= 15 is 0 Å². The molecule has 0 amide bonds. The lowest BCUT2D eigenvalue weighted by molar-refractivity contribution is -0.158. The summed E-state index contributed by atoms with van der Waals surface area (Å²) < 4.78 is 4.87. The Bertz CT molecular complexity index is 372. The first-order valence-corrected chi connectivity index (χ1v) is 6.26. The predicted molar refractivity (Wildman–Crippen MR) is 64.3 cm³/mol. The number of hydrogen-bond acceptors (Lipinski definition) is 3. The van der Waals surface area contributed by atoms with E-state index in [9.17, 15) is 9.59 Å². The van der Waals surface area contributed by atoms with Gasteiger partial charge in [-0.1, -0.05) is 19.1 Å². The third-order valence-corrected chi connectivity index (χ3v) is 4.65. The molecule has 0 bridgehead atoms. The molecule has 17 heavy (non-hydrogen) atoms. The maximum absolute atomic E-state index is 11.9. The van der Waals surface area contributed by atoms with Crippen molar-refractivity contribution in [3.63, 3.8) is 0 Å². The number of ketones is 1. The normalized spacial score (nSPS) is 37.5. The minimum atomic E-state index is -0.282. The number of Topliss-reactive ketones (excluding diaryl/α,β-unsaturated/α-hetero) is 1. The Labute approximate surface area is 102 Å². The molecule has 0 heterocycles. The number of hydrogen-bond donors (Lipinski definition) is 0. The van der Waals surface area contributed by atoms with Gasteiger partial charge >= 0.3 is 5.97 Å². The first-order chi connectivity index (χ1) is 7.99. The molecule has 0 spiro atoms. The van der Waals surface area contributed by atoms with Crippen molar-refractivity contribution in [2.24, 2.45) is 17.3 Å². The molecule has 2 aliphatic rings. The smallest absolute Gasteiger partial charge is 0.309 e. The maximum Gasteiger partial charge on any atom is 0.309 e. The Kier molecular flexibility index (Phi) is 3.11. The Morgan fingerprint density at radius 1 is 1.47 bits per heavy atom. The molecule has 3 nitrogen and oxygen atoms in total. The van der Waals surface area contributed by atoms with Crippen LogP contribution in [0.3, 0.4) is 0 Å². The van der Waals surface area contributed by atoms with Crippen molar-refractivity contribution < 1.29 is 14.3 Å². The molecule has 2 rings (SSSR count). The SMILES string of the molecule is C=C1CCC[C@]2(C)[C@@H]1CC(=O)C[C@H]2C(=O)OC. The van der Waals surface area contributed by atoms with Crippen molar-refractivity contribution in [2.45, 2.75) is 39.0 Å². The lowest BCUT2D eigenvalue weighted by Gasteiger charge is -2.49. The molecule has 3 atom stereocenters. The fourth-order valence-corrected chi connectivity index (χ4v) is 3.57. The Morgan fingerprint density at radius 2 is 2.18 bits per heavy atom. The number of rotatable bonds is 1. The van der Waals surface area contributed by atoms with Gasteiger partial charge in [-0.2, -0.15) is 0 Å². The summed E-state index contributed by atoms with van der Waals surface area (Å²) in [5, 5.41) is 0. The summed E-state index contributed by atoms with van der Waals surface area (Å²) >= 11 is 0. The van der Waals surface area contributed by atoms with Gasteiger partial charge in [0.2, 0.25) is 0 Å². The van der Waals surface area contributed by atoms with Crippen LogP contribution in [0.15, 0.2) is 12.2 Å². The zero-order chi connectivity index (χ0) is 12.6. The topological polar surface area (TPSA) is 43.4 Å². The lowest BCUT2D eigenvalue weighted by atomic mass is 9.54. The molecule has 0 unspecified atom stereocenters. The maximum atomic E-state index is 11.9. The van der Waals surface area contributed by atoms with Crippen LogP contribution >= 0.6 is 0 Å². The molecular formula is C14H20O3. The van der Waals surface area contributed by atoms with E-state index in [-0.39, 0.29) is 29.0 Å². The van der Waals surface area contributed by atoms with E-state index < -0.39 is 0 Å².